The smallest absolute Gasteiger partial charge is 0.335 e. The fourth-order valence-corrected chi connectivity index (χ4v) is 4.37. The van der Waals surface area contributed by atoms with E-state index in [2.05, 4.69) is 0 Å². The molecule has 2 heterocycles. The minimum absolute atomic E-state index is 0.102. The molecule has 1 aliphatic heterocycles. The van der Waals surface area contributed by atoms with Crippen LogP contribution in [0.2, 0.25) is 4.34 Å². The molecule has 8 heteroatoms. The highest BCUT2D eigenvalue weighted by Crippen LogP contribution is 2.37. The van der Waals surface area contributed by atoms with Gasteiger partial charge in [-0.15, -0.1) is 11.3 Å². The number of carbonyl (C=O) groups is 2. The first kappa shape index (κ1) is 16.2. The molecule has 0 spiro atoms. The Bertz CT molecular complexity index is 859. The van der Waals surface area contributed by atoms with Gasteiger partial charge in [0, 0.05) is 4.88 Å². The summed E-state index contributed by atoms with van der Waals surface area (Å²) in [7, 11) is 0. The summed E-state index contributed by atoms with van der Waals surface area (Å²) < 4.78 is 1.01. The third-order valence-corrected chi connectivity index (χ3v) is 5.49. The van der Waals surface area contributed by atoms with Crippen LogP contribution < -0.4 is 4.90 Å². The first-order valence-corrected chi connectivity index (χ1v) is 8.74. The molecule has 0 unspecified atom stereocenters. The third kappa shape index (κ3) is 3.32. The first-order valence-electron chi connectivity index (χ1n) is 6.32. The van der Waals surface area contributed by atoms with E-state index in [-0.39, 0.29) is 11.5 Å². The van der Waals surface area contributed by atoms with E-state index in [1.165, 1.54) is 40.1 Å². The van der Waals surface area contributed by atoms with E-state index in [4.69, 9.17) is 28.9 Å². The maximum atomic E-state index is 12.6. The lowest BCUT2D eigenvalue weighted by atomic mass is 10.2. The molecule has 0 bridgehead atoms. The second-order valence-corrected chi connectivity index (χ2v) is 7.94. The van der Waals surface area contributed by atoms with Crippen LogP contribution in [0.15, 0.2) is 41.3 Å². The number of hydrogen-bond donors (Lipinski definition) is 1. The quantitative estimate of drug-likeness (QED) is 0.626. The standard InChI is InChI=1S/C15H8ClNO3S3/c16-12-5-4-10(22-12)7-11-13(18)17(15(21)23-11)9-3-1-2-8(6-9)14(19)20/h1-7H,(H,19,20). The van der Waals surface area contributed by atoms with Gasteiger partial charge in [0.05, 0.1) is 20.5 Å². The molecule has 0 aliphatic carbocycles. The van der Waals surface area contributed by atoms with Gasteiger partial charge in [0.25, 0.3) is 5.91 Å². The van der Waals surface area contributed by atoms with Crippen molar-refractivity contribution in [3.63, 3.8) is 0 Å². The molecule has 0 radical (unpaired) electrons. The molecule has 4 nitrogen and oxygen atoms in total. The Balaban J connectivity index is 1.94. The molecule has 116 valence electrons. The monoisotopic (exact) mass is 381 g/mol. The van der Waals surface area contributed by atoms with Crippen molar-refractivity contribution in [2.45, 2.75) is 0 Å². The van der Waals surface area contributed by atoms with E-state index < -0.39 is 5.97 Å². The predicted molar refractivity (Wildman–Crippen MR) is 98.4 cm³/mol. The van der Waals surface area contributed by atoms with E-state index in [1.54, 1.807) is 24.3 Å². The highest BCUT2D eigenvalue weighted by molar-refractivity contribution is 8.27. The number of carbonyl (C=O) groups excluding carboxylic acids is 1. The largest absolute Gasteiger partial charge is 0.478 e. The summed E-state index contributed by atoms with van der Waals surface area (Å²) in [5.74, 6) is -1.33. The highest BCUT2D eigenvalue weighted by atomic mass is 35.5. The molecule has 1 fully saturated rings. The number of thiophene rings is 1. The summed E-state index contributed by atoms with van der Waals surface area (Å²) in [4.78, 5) is 26.3. The molecule has 1 N–H and O–H groups in total. The minimum Gasteiger partial charge on any atom is -0.478 e. The molecule has 1 aromatic carbocycles. The zero-order valence-corrected chi connectivity index (χ0v) is 14.6. The first-order chi connectivity index (χ1) is 11.0. The van der Waals surface area contributed by atoms with Crippen molar-refractivity contribution in [2.75, 3.05) is 4.90 Å². The van der Waals surface area contributed by atoms with E-state index in [1.807, 2.05) is 6.07 Å². The Morgan fingerprint density at radius 2 is 2.09 bits per heavy atom. The molecule has 1 saturated heterocycles. The van der Waals surface area contributed by atoms with Crippen LogP contribution in [0.4, 0.5) is 5.69 Å². The number of hydrogen-bond acceptors (Lipinski definition) is 5. The van der Waals surface area contributed by atoms with Crippen LogP contribution in [0, 0.1) is 0 Å². The number of halogens is 1. The Labute approximate surface area is 150 Å². The number of anilines is 1. The number of thiocarbonyl (C=S) groups is 1. The molecular weight excluding hydrogens is 374 g/mol. The topological polar surface area (TPSA) is 57.6 Å². The zero-order chi connectivity index (χ0) is 16.6. The van der Waals surface area contributed by atoms with E-state index in [0.717, 1.165) is 4.88 Å². The maximum Gasteiger partial charge on any atom is 0.335 e. The molecule has 0 saturated carbocycles. The maximum absolute atomic E-state index is 12.6. The number of carboxylic acid groups (broad SMARTS) is 1. The fourth-order valence-electron chi connectivity index (χ4n) is 2.00. The molecular formula is C15H8ClNO3S3. The number of nitrogens with zero attached hydrogens (tertiary/aromatic N) is 1. The second kappa shape index (κ2) is 6.45. The predicted octanol–water partition coefficient (Wildman–Crippen LogP) is 4.51. The van der Waals surface area contributed by atoms with Crippen LogP contribution in [-0.4, -0.2) is 21.3 Å². The van der Waals surface area contributed by atoms with E-state index >= 15 is 0 Å². The number of carboxylic acids is 1. The lowest BCUT2D eigenvalue weighted by molar-refractivity contribution is -0.113. The van der Waals surface area contributed by atoms with Gasteiger partial charge in [0.2, 0.25) is 0 Å². The summed E-state index contributed by atoms with van der Waals surface area (Å²) in [5, 5.41) is 9.07. The van der Waals surface area contributed by atoms with Crippen molar-refractivity contribution >= 4 is 74.9 Å². The van der Waals surface area contributed by atoms with Crippen LogP contribution in [0.1, 0.15) is 15.2 Å². The average molecular weight is 382 g/mol. The summed E-state index contributed by atoms with van der Waals surface area (Å²) in [5.41, 5.74) is 0.547. The number of amides is 1. The van der Waals surface area contributed by atoms with Crippen molar-refractivity contribution in [2.24, 2.45) is 0 Å². The molecule has 3 rings (SSSR count). The zero-order valence-electron chi connectivity index (χ0n) is 11.4. The van der Waals surface area contributed by atoms with Crippen LogP contribution in [0.25, 0.3) is 6.08 Å². The normalized spacial score (nSPS) is 16.4. The molecule has 1 amide bonds. The Hall–Kier alpha value is -1.67. The molecule has 2 aromatic rings. The summed E-state index contributed by atoms with van der Waals surface area (Å²) >= 11 is 13.7. The third-order valence-electron chi connectivity index (χ3n) is 3.01. The molecule has 1 aliphatic rings. The van der Waals surface area contributed by atoms with Crippen molar-refractivity contribution in [1.82, 2.24) is 0 Å². The van der Waals surface area contributed by atoms with Gasteiger partial charge < -0.3 is 5.11 Å². The Morgan fingerprint density at radius 3 is 2.74 bits per heavy atom. The molecule has 0 atom stereocenters. The molecule has 23 heavy (non-hydrogen) atoms. The second-order valence-electron chi connectivity index (χ2n) is 4.51. The van der Waals surface area contributed by atoms with Gasteiger partial charge in [-0.3, -0.25) is 9.69 Å². The van der Waals surface area contributed by atoms with Crippen molar-refractivity contribution in [3.05, 3.63) is 56.1 Å². The fraction of sp³-hybridized carbons (Fsp3) is 0. The molecule has 1 aromatic heterocycles. The number of rotatable bonds is 3. The van der Waals surface area contributed by atoms with Gasteiger partial charge in [-0.2, -0.15) is 0 Å². The van der Waals surface area contributed by atoms with Crippen LogP contribution in [0.3, 0.4) is 0 Å². The van der Waals surface area contributed by atoms with Crippen LogP contribution in [0.5, 0.6) is 0 Å². The van der Waals surface area contributed by atoms with Gasteiger partial charge in [-0.25, -0.2) is 4.79 Å². The Morgan fingerprint density at radius 1 is 1.30 bits per heavy atom. The number of aromatic carboxylic acids is 1. The van der Waals surface area contributed by atoms with Gasteiger partial charge in [0.1, 0.15) is 0 Å². The SMILES string of the molecule is O=C(O)c1cccc(N2C(=O)C(=Cc3ccc(Cl)s3)SC2=S)c1. The van der Waals surface area contributed by atoms with Gasteiger partial charge in [0.15, 0.2) is 4.32 Å². The lowest BCUT2D eigenvalue weighted by Crippen LogP contribution is -2.27. The lowest BCUT2D eigenvalue weighted by Gasteiger charge is -2.14. The van der Waals surface area contributed by atoms with Crippen molar-refractivity contribution in [3.8, 4) is 0 Å². The minimum atomic E-state index is -1.05. The van der Waals surface area contributed by atoms with Crippen LogP contribution >= 0.6 is 46.9 Å². The van der Waals surface area contributed by atoms with Crippen molar-refractivity contribution < 1.29 is 14.7 Å². The van der Waals surface area contributed by atoms with Crippen LogP contribution in [-0.2, 0) is 4.79 Å². The average Bonchev–Trinajstić information content (AvgIpc) is 3.03. The van der Waals surface area contributed by atoms with Gasteiger partial charge in [-0.1, -0.05) is 41.6 Å². The summed E-state index contributed by atoms with van der Waals surface area (Å²) in [6.07, 6.45) is 1.73. The van der Waals surface area contributed by atoms with E-state index in [9.17, 15) is 9.59 Å². The highest BCUT2D eigenvalue weighted by Gasteiger charge is 2.33. The summed E-state index contributed by atoms with van der Waals surface area (Å²) in [6, 6.07) is 9.72. The van der Waals surface area contributed by atoms with Gasteiger partial charge >= 0.3 is 5.97 Å². The summed E-state index contributed by atoms with van der Waals surface area (Å²) in [6.45, 7) is 0. The van der Waals surface area contributed by atoms with Gasteiger partial charge in [-0.05, 0) is 36.4 Å². The Kier molecular flexibility index (Phi) is 4.54. The number of benzene rings is 1. The number of thioether (sulfide) groups is 1. The van der Waals surface area contributed by atoms with Crippen molar-refractivity contribution in [1.29, 1.82) is 0 Å². The van der Waals surface area contributed by atoms with E-state index in [0.29, 0.717) is 19.2 Å².